The van der Waals surface area contributed by atoms with E-state index < -0.39 is 0 Å². The van der Waals surface area contributed by atoms with E-state index in [1.54, 1.807) is 0 Å². The maximum absolute atomic E-state index is 5.01. The molecule has 106 valence electrons. The Labute approximate surface area is 119 Å². The number of pyridine rings is 1. The van der Waals surface area contributed by atoms with Crippen LogP contribution in [0.5, 0.6) is 0 Å². The second kappa shape index (κ2) is 4.55. The number of piperidine rings is 1. The lowest BCUT2D eigenvalue weighted by Crippen LogP contribution is -2.41. The molecule has 0 amide bonds. The maximum atomic E-state index is 5.01. The molecule has 0 radical (unpaired) electrons. The van der Waals surface area contributed by atoms with Crippen LogP contribution in [0.4, 0.5) is 0 Å². The molecule has 1 saturated carbocycles. The number of hydrogen-bond donors (Lipinski definition) is 1. The first-order valence-electron chi connectivity index (χ1n) is 7.87. The minimum atomic E-state index is 0.257. The fourth-order valence-electron chi connectivity index (χ4n) is 3.67. The highest BCUT2D eigenvalue weighted by atomic mass is 15.1. The van der Waals surface area contributed by atoms with E-state index in [1.165, 1.54) is 43.4 Å². The molecular weight excluding hydrogens is 248 g/mol. The number of hydrogen-bond acceptors (Lipinski definition) is 3. The van der Waals surface area contributed by atoms with Crippen LogP contribution in [0.3, 0.4) is 0 Å². The second-order valence-electron chi connectivity index (χ2n) is 6.28. The molecule has 1 aliphatic carbocycles. The summed E-state index contributed by atoms with van der Waals surface area (Å²) in [5.41, 5.74) is 2.61. The van der Waals surface area contributed by atoms with E-state index in [4.69, 9.17) is 4.98 Å². The fourth-order valence-corrected chi connectivity index (χ4v) is 3.67. The van der Waals surface area contributed by atoms with E-state index in [2.05, 4.69) is 27.9 Å². The molecule has 0 atom stereocenters. The van der Waals surface area contributed by atoms with E-state index >= 15 is 0 Å². The third-order valence-electron chi connectivity index (χ3n) is 5.12. The third kappa shape index (κ3) is 1.78. The van der Waals surface area contributed by atoms with Crippen molar-refractivity contribution in [1.82, 2.24) is 19.9 Å². The maximum Gasteiger partial charge on any atom is 0.116 e. The molecule has 2 aromatic heterocycles. The molecular formula is C16H22N4. The topological polar surface area (TPSA) is 42.7 Å². The van der Waals surface area contributed by atoms with Gasteiger partial charge in [-0.05, 0) is 51.3 Å². The summed E-state index contributed by atoms with van der Waals surface area (Å²) in [6, 6.07) is 2.81. The average Bonchev–Trinajstić information content (AvgIpc) is 3.27. The van der Waals surface area contributed by atoms with Crippen LogP contribution in [0.1, 0.15) is 50.9 Å². The van der Waals surface area contributed by atoms with Crippen molar-refractivity contribution in [1.29, 1.82) is 0 Å². The van der Waals surface area contributed by atoms with E-state index in [-0.39, 0.29) is 5.41 Å². The standard InChI is InChI=1S/C16H22N4/c1-2-16(6-9-17-10-7-16)15-19-13-11-18-8-5-14(13)20(15)12-3-4-12/h5,8,11-12,17H,2-4,6-7,9-10H2,1H3. The molecule has 20 heavy (non-hydrogen) atoms. The highest BCUT2D eigenvalue weighted by molar-refractivity contribution is 5.75. The highest BCUT2D eigenvalue weighted by Crippen LogP contribution is 2.44. The summed E-state index contributed by atoms with van der Waals surface area (Å²) in [7, 11) is 0. The normalized spacial score (nSPS) is 22.2. The van der Waals surface area contributed by atoms with Crippen molar-refractivity contribution in [3.63, 3.8) is 0 Å². The Hall–Kier alpha value is -1.42. The van der Waals surface area contributed by atoms with Gasteiger partial charge in [-0.1, -0.05) is 6.92 Å². The van der Waals surface area contributed by atoms with Crippen LogP contribution >= 0.6 is 0 Å². The zero-order valence-corrected chi connectivity index (χ0v) is 12.1. The largest absolute Gasteiger partial charge is 0.324 e. The van der Waals surface area contributed by atoms with Crippen molar-refractivity contribution in [2.75, 3.05) is 13.1 Å². The van der Waals surface area contributed by atoms with Gasteiger partial charge >= 0.3 is 0 Å². The van der Waals surface area contributed by atoms with Crippen LogP contribution in [0, 0.1) is 0 Å². The Morgan fingerprint density at radius 3 is 2.85 bits per heavy atom. The molecule has 1 saturated heterocycles. The number of rotatable bonds is 3. The monoisotopic (exact) mass is 270 g/mol. The van der Waals surface area contributed by atoms with Crippen molar-refractivity contribution in [2.45, 2.75) is 50.5 Å². The number of aromatic nitrogens is 3. The first-order valence-corrected chi connectivity index (χ1v) is 7.87. The molecule has 4 rings (SSSR count). The Morgan fingerprint density at radius 1 is 1.35 bits per heavy atom. The zero-order valence-electron chi connectivity index (χ0n) is 12.1. The second-order valence-corrected chi connectivity index (χ2v) is 6.28. The van der Waals surface area contributed by atoms with Gasteiger partial charge in [0.15, 0.2) is 0 Å². The summed E-state index contributed by atoms with van der Waals surface area (Å²) in [6.07, 6.45) is 10.0. The molecule has 0 unspecified atom stereocenters. The van der Waals surface area contributed by atoms with Crippen molar-refractivity contribution >= 4 is 11.0 Å². The van der Waals surface area contributed by atoms with Crippen LogP contribution in [0.15, 0.2) is 18.5 Å². The summed E-state index contributed by atoms with van der Waals surface area (Å²) in [5.74, 6) is 1.33. The third-order valence-corrected chi connectivity index (χ3v) is 5.12. The van der Waals surface area contributed by atoms with E-state index in [0.29, 0.717) is 6.04 Å². The lowest BCUT2D eigenvalue weighted by molar-refractivity contribution is 0.274. The smallest absolute Gasteiger partial charge is 0.116 e. The van der Waals surface area contributed by atoms with Crippen molar-refractivity contribution in [3.05, 3.63) is 24.3 Å². The molecule has 2 fully saturated rings. The Balaban J connectivity index is 1.91. The molecule has 2 aromatic rings. The minimum Gasteiger partial charge on any atom is -0.324 e. The molecule has 1 aliphatic heterocycles. The molecule has 2 aliphatic rings. The van der Waals surface area contributed by atoms with Crippen molar-refractivity contribution in [2.24, 2.45) is 0 Å². The van der Waals surface area contributed by atoms with E-state index in [9.17, 15) is 0 Å². The predicted molar refractivity (Wildman–Crippen MR) is 79.9 cm³/mol. The summed E-state index contributed by atoms with van der Waals surface area (Å²) < 4.78 is 2.53. The average molecular weight is 270 g/mol. The van der Waals surface area contributed by atoms with Crippen molar-refractivity contribution < 1.29 is 0 Å². The minimum absolute atomic E-state index is 0.257. The van der Waals surface area contributed by atoms with Gasteiger partial charge in [0.1, 0.15) is 11.3 Å². The fraction of sp³-hybridized carbons (Fsp3) is 0.625. The number of nitrogens with one attached hydrogen (secondary N) is 1. The molecule has 4 nitrogen and oxygen atoms in total. The Morgan fingerprint density at radius 2 is 2.15 bits per heavy atom. The predicted octanol–water partition coefficient (Wildman–Crippen LogP) is 2.80. The van der Waals surface area contributed by atoms with Gasteiger partial charge in [-0.2, -0.15) is 0 Å². The van der Waals surface area contributed by atoms with Gasteiger partial charge in [-0.25, -0.2) is 4.98 Å². The first kappa shape index (κ1) is 12.3. The van der Waals surface area contributed by atoms with Gasteiger partial charge in [0, 0.05) is 17.7 Å². The summed E-state index contributed by atoms with van der Waals surface area (Å²) >= 11 is 0. The molecule has 4 heteroatoms. The van der Waals surface area contributed by atoms with Gasteiger partial charge < -0.3 is 9.88 Å². The van der Waals surface area contributed by atoms with Crippen LogP contribution in [0.25, 0.3) is 11.0 Å². The molecule has 3 heterocycles. The summed E-state index contributed by atoms with van der Waals surface area (Å²) in [5, 5.41) is 3.49. The number of fused-ring (bicyclic) bond motifs is 1. The number of nitrogens with zero attached hydrogens (tertiary/aromatic N) is 3. The van der Waals surface area contributed by atoms with Gasteiger partial charge in [-0.15, -0.1) is 0 Å². The van der Waals surface area contributed by atoms with Crippen molar-refractivity contribution in [3.8, 4) is 0 Å². The summed E-state index contributed by atoms with van der Waals surface area (Å²) in [6.45, 7) is 4.54. The van der Waals surface area contributed by atoms with E-state index in [0.717, 1.165) is 18.6 Å². The molecule has 1 N–H and O–H groups in total. The van der Waals surface area contributed by atoms with Gasteiger partial charge in [-0.3, -0.25) is 4.98 Å². The van der Waals surface area contributed by atoms with E-state index in [1.807, 2.05) is 12.4 Å². The molecule has 0 spiro atoms. The molecule has 0 aromatic carbocycles. The van der Waals surface area contributed by atoms with Crippen LogP contribution < -0.4 is 5.32 Å². The van der Waals surface area contributed by atoms with Gasteiger partial charge in [0.25, 0.3) is 0 Å². The molecule has 0 bridgehead atoms. The SMILES string of the molecule is CCC1(c2nc3cnccc3n2C2CC2)CCNCC1. The lowest BCUT2D eigenvalue weighted by Gasteiger charge is -2.36. The quantitative estimate of drug-likeness (QED) is 0.932. The Bertz CT molecular complexity index is 620. The van der Waals surface area contributed by atoms with Crippen LogP contribution in [-0.4, -0.2) is 27.6 Å². The first-order chi connectivity index (χ1) is 9.84. The Kier molecular flexibility index (Phi) is 2.81. The zero-order chi connectivity index (χ0) is 13.6. The summed E-state index contributed by atoms with van der Waals surface area (Å²) in [4.78, 5) is 9.27. The number of imidazole rings is 1. The van der Waals surface area contributed by atoms with Crippen LogP contribution in [0.2, 0.25) is 0 Å². The lowest BCUT2D eigenvalue weighted by atomic mass is 9.76. The van der Waals surface area contributed by atoms with Gasteiger partial charge in [0.2, 0.25) is 0 Å². The van der Waals surface area contributed by atoms with Crippen LogP contribution in [-0.2, 0) is 5.41 Å². The highest BCUT2D eigenvalue weighted by Gasteiger charge is 2.40. The van der Waals surface area contributed by atoms with Gasteiger partial charge in [0.05, 0.1) is 11.7 Å².